The molecule has 10 atom stereocenters. The molecule has 5 nitrogen and oxygen atoms in total. The van der Waals surface area contributed by atoms with E-state index in [1.807, 2.05) is 6.92 Å². The van der Waals surface area contributed by atoms with Crippen molar-refractivity contribution in [1.82, 2.24) is 0 Å². The lowest BCUT2D eigenvalue weighted by atomic mass is 9.40. The highest BCUT2D eigenvalue weighted by atomic mass is 16.5. The van der Waals surface area contributed by atoms with Crippen LogP contribution in [0.2, 0.25) is 0 Å². The van der Waals surface area contributed by atoms with Crippen molar-refractivity contribution in [2.75, 3.05) is 13.2 Å². The minimum Gasteiger partial charge on any atom is -0.462 e. The minimum absolute atomic E-state index is 0.0691. The van der Waals surface area contributed by atoms with Crippen LogP contribution in [0.4, 0.5) is 0 Å². The van der Waals surface area contributed by atoms with Gasteiger partial charge in [-0.2, -0.15) is 0 Å². The Hall–Kier alpha value is -1.46. The van der Waals surface area contributed by atoms with Crippen LogP contribution in [0.3, 0.4) is 0 Å². The zero-order valence-electron chi connectivity index (χ0n) is 24.1. The van der Waals surface area contributed by atoms with Gasteiger partial charge in [0.1, 0.15) is 11.9 Å². The van der Waals surface area contributed by atoms with Gasteiger partial charge in [-0.05, 0) is 86.9 Å². The normalized spacial score (nSPS) is 49.0. The van der Waals surface area contributed by atoms with Crippen LogP contribution < -0.4 is 0 Å². The summed E-state index contributed by atoms with van der Waals surface area (Å²) in [5.74, 6) is 1.25. The molecule has 206 valence electrons. The number of esters is 1. The van der Waals surface area contributed by atoms with E-state index in [-0.39, 0.29) is 58.6 Å². The van der Waals surface area contributed by atoms with Gasteiger partial charge in [0.15, 0.2) is 0 Å². The monoisotopic (exact) mass is 512 g/mol. The molecule has 4 fully saturated rings. The lowest BCUT2D eigenvalue weighted by Crippen LogP contribution is -2.62. The van der Waals surface area contributed by atoms with E-state index >= 15 is 0 Å². The molecule has 5 rings (SSSR count). The van der Waals surface area contributed by atoms with Crippen LogP contribution in [-0.2, 0) is 19.1 Å². The molecule has 0 aromatic heterocycles. The lowest BCUT2D eigenvalue weighted by Gasteiger charge is -2.64. The first-order valence-corrected chi connectivity index (χ1v) is 14.6. The smallest absolute Gasteiger partial charge is 0.302 e. The standard InChI is InChI=1S/C32H48O5/c1-19(2)14-22-15-21(17-36-22)23-10-13-31(6)24-8-9-26-29(4,12-11-27(35)30(26,5)18-33)25(24)16-28(32(23,31)7)37-20(3)34/h8,14,21-23,25-26,28,33H,9-13,15-18H2,1-7H3/t21-,22+,23+,25-,26+,28-,29-,30-,31-,32-/m1/s1. The minimum atomic E-state index is -0.701. The first kappa shape index (κ1) is 27.1. The van der Waals surface area contributed by atoms with Crippen molar-refractivity contribution >= 4 is 11.8 Å². The fourth-order valence-corrected chi connectivity index (χ4v) is 10.1. The summed E-state index contributed by atoms with van der Waals surface area (Å²) < 4.78 is 12.5. The van der Waals surface area contributed by atoms with Gasteiger partial charge in [-0.3, -0.25) is 9.59 Å². The van der Waals surface area contributed by atoms with Crippen molar-refractivity contribution < 1.29 is 24.2 Å². The van der Waals surface area contributed by atoms with Crippen molar-refractivity contribution in [1.29, 1.82) is 0 Å². The van der Waals surface area contributed by atoms with Gasteiger partial charge >= 0.3 is 5.97 Å². The molecular formula is C32H48O5. The van der Waals surface area contributed by atoms with E-state index in [0.29, 0.717) is 18.3 Å². The molecular weight excluding hydrogens is 464 g/mol. The Balaban J connectivity index is 1.56. The van der Waals surface area contributed by atoms with E-state index in [1.54, 1.807) is 6.92 Å². The summed E-state index contributed by atoms with van der Waals surface area (Å²) in [7, 11) is 0. The Kier molecular flexibility index (Phi) is 6.63. The fourth-order valence-electron chi connectivity index (χ4n) is 10.1. The number of aliphatic hydroxyl groups is 1. The number of allylic oxidation sites excluding steroid dienone is 3. The van der Waals surface area contributed by atoms with Crippen molar-refractivity contribution in [2.45, 2.75) is 106 Å². The Morgan fingerprint density at radius 1 is 1.16 bits per heavy atom. The summed E-state index contributed by atoms with van der Waals surface area (Å²) in [5, 5.41) is 10.4. The number of fused-ring (bicyclic) bond motifs is 5. The van der Waals surface area contributed by atoms with Crippen molar-refractivity contribution in [2.24, 2.45) is 45.3 Å². The summed E-state index contributed by atoms with van der Waals surface area (Å²) in [6, 6.07) is 0. The summed E-state index contributed by atoms with van der Waals surface area (Å²) >= 11 is 0. The van der Waals surface area contributed by atoms with Gasteiger partial charge in [0.2, 0.25) is 0 Å². The summed E-state index contributed by atoms with van der Waals surface area (Å²) in [5.41, 5.74) is 1.80. The maximum atomic E-state index is 13.0. The number of ketones is 1. The van der Waals surface area contributed by atoms with Gasteiger partial charge in [-0.25, -0.2) is 0 Å². The molecule has 5 heteroatoms. The molecule has 0 aromatic carbocycles. The number of hydrogen-bond acceptors (Lipinski definition) is 5. The molecule has 1 aliphatic heterocycles. The molecule has 0 amide bonds. The molecule has 5 aliphatic rings. The van der Waals surface area contributed by atoms with Crippen LogP contribution >= 0.6 is 0 Å². The summed E-state index contributed by atoms with van der Waals surface area (Å²) in [6.07, 6.45) is 11.0. The quantitative estimate of drug-likeness (QED) is 0.367. The van der Waals surface area contributed by atoms with Gasteiger partial charge in [0, 0.05) is 18.8 Å². The summed E-state index contributed by atoms with van der Waals surface area (Å²) in [6.45, 7) is 15.7. The number of rotatable bonds is 4. The van der Waals surface area contributed by atoms with E-state index in [0.717, 1.165) is 45.1 Å². The van der Waals surface area contributed by atoms with Gasteiger partial charge in [-0.1, -0.05) is 51.0 Å². The van der Waals surface area contributed by atoms with E-state index < -0.39 is 5.41 Å². The van der Waals surface area contributed by atoms with Gasteiger partial charge in [-0.15, -0.1) is 0 Å². The average molecular weight is 513 g/mol. The second kappa shape index (κ2) is 9.05. The third-order valence-corrected chi connectivity index (χ3v) is 12.3. The van der Waals surface area contributed by atoms with Crippen LogP contribution in [0.25, 0.3) is 0 Å². The highest BCUT2D eigenvalue weighted by molar-refractivity contribution is 5.86. The maximum Gasteiger partial charge on any atom is 0.302 e. The Morgan fingerprint density at radius 2 is 1.89 bits per heavy atom. The molecule has 37 heavy (non-hydrogen) atoms. The molecule has 0 unspecified atom stereocenters. The van der Waals surface area contributed by atoms with Gasteiger partial charge in [0.05, 0.1) is 24.7 Å². The highest BCUT2D eigenvalue weighted by Crippen LogP contribution is 2.73. The van der Waals surface area contributed by atoms with Crippen LogP contribution in [0.1, 0.15) is 93.4 Å². The zero-order valence-corrected chi connectivity index (χ0v) is 24.1. The molecule has 4 aliphatic carbocycles. The maximum absolute atomic E-state index is 13.0. The zero-order chi connectivity index (χ0) is 27.0. The molecule has 1 heterocycles. The summed E-state index contributed by atoms with van der Waals surface area (Å²) in [4.78, 5) is 25.5. The molecule has 1 saturated heterocycles. The van der Waals surface area contributed by atoms with E-state index in [1.165, 1.54) is 11.1 Å². The molecule has 0 aromatic rings. The number of carbonyl (C=O) groups excluding carboxylic acids is 2. The Bertz CT molecular complexity index is 1020. The van der Waals surface area contributed by atoms with Gasteiger partial charge < -0.3 is 14.6 Å². The molecule has 0 radical (unpaired) electrons. The predicted octanol–water partition coefficient (Wildman–Crippen LogP) is 6.05. The van der Waals surface area contributed by atoms with Crippen LogP contribution in [0.15, 0.2) is 23.3 Å². The average Bonchev–Trinajstić information content (AvgIpc) is 3.39. The topological polar surface area (TPSA) is 72.8 Å². The van der Waals surface area contributed by atoms with Crippen LogP contribution in [0.5, 0.6) is 0 Å². The van der Waals surface area contributed by atoms with E-state index in [4.69, 9.17) is 9.47 Å². The van der Waals surface area contributed by atoms with Crippen LogP contribution in [0, 0.1) is 45.3 Å². The number of carbonyl (C=O) groups is 2. The molecule has 0 spiro atoms. The second-order valence-electron chi connectivity index (χ2n) is 14.2. The molecule has 1 N–H and O–H groups in total. The molecule has 0 bridgehead atoms. The Labute approximate surface area is 223 Å². The van der Waals surface area contributed by atoms with Gasteiger partial charge in [0.25, 0.3) is 0 Å². The highest BCUT2D eigenvalue weighted by Gasteiger charge is 2.70. The first-order valence-electron chi connectivity index (χ1n) is 14.6. The number of aliphatic hydroxyl groups excluding tert-OH is 1. The number of ether oxygens (including phenoxy) is 2. The SMILES string of the molecule is CC(=O)O[C@@H]1C[C@@H]2C(=CC[C@H]3[C@]2(C)CCC(=O)[C@]3(C)CO)[C@@]2(C)CC[C@@H]([C@H]3CO[C@@H](C=C(C)C)C3)[C@]12C. The van der Waals surface area contributed by atoms with Crippen molar-refractivity contribution in [3.63, 3.8) is 0 Å². The fraction of sp³-hybridized carbons (Fsp3) is 0.812. The van der Waals surface area contributed by atoms with E-state index in [2.05, 4.69) is 46.8 Å². The third kappa shape index (κ3) is 3.77. The first-order chi connectivity index (χ1) is 17.3. The third-order valence-electron chi connectivity index (χ3n) is 12.3. The van der Waals surface area contributed by atoms with Crippen molar-refractivity contribution in [3.05, 3.63) is 23.3 Å². The largest absolute Gasteiger partial charge is 0.462 e. The van der Waals surface area contributed by atoms with E-state index in [9.17, 15) is 14.7 Å². The second-order valence-corrected chi connectivity index (χ2v) is 14.2. The Morgan fingerprint density at radius 3 is 2.54 bits per heavy atom. The van der Waals surface area contributed by atoms with Crippen LogP contribution in [-0.4, -0.2) is 42.3 Å². The lowest BCUT2D eigenvalue weighted by molar-refractivity contribution is -0.181. The predicted molar refractivity (Wildman–Crippen MR) is 144 cm³/mol. The number of Topliss-reactive ketones (excluding diaryl/α,β-unsaturated/α-hetero) is 1. The van der Waals surface area contributed by atoms with Crippen molar-refractivity contribution in [3.8, 4) is 0 Å². The number of hydrogen-bond donors (Lipinski definition) is 1. The molecule has 3 saturated carbocycles.